The van der Waals surface area contributed by atoms with Crippen LogP contribution in [0.3, 0.4) is 0 Å². The largest absolute Gasteiger partial charge is 2.00 e. The minimum atomic E-state index is -5.30. The molecule has 4 unspecified atom stereocenters. The maximum Gasteiger partial charge on any atom is 2.00 e. The first kappa shape index (κ1) is 20.2. The minimum Gasteiger partial charge on any atom is -0.790 e. The van der Waals surface area contributed by atoms with Crippen molar-refractivity contribution in [2.75, 3.05) is 6.61 Å². The molecular weight excluding hydrogens is 287 g/mol. The average molecular weight is 298 g/mol. The second kappa shape index (κ2) is 8.89. The third-order valence-corrected chi connectivity index (χ3v) is 2.10. The summed E-state index contributed by atoms with van der Waals surface area (Å²) in [6.07, 6.45) is -8.04. The van der Waals surface area contributed by atoms with E-state index in [0.717, 1.165) is 0 Å². The van der Waals surface area contributed by atoms with Gasteiger partial charge < -0.3 is 44.1 Å². The number of aldehydes is 1. The quantitative estimate of drug-likeness (QED) is 0.204. The molecule has 4 atom stereocenters. The number of carbonyl (C=O) groups is 1. The summed E-state index contributed by atoms with van der Waals surface area (Å²) in [6, 6.07) is 0. The summed E-state index contributed by atoms with van der Waals surface area (Å²) in [7, 11) is -5.30. The van der Waals surface area contributed by atoms with Crippen molar-refractivity contribution in [1.29, 1.82) is 0 Å². The Bertz CT molecular complexity index is 268. The third-order valence-electron chi connectivity index (χ3n) is 1.64. The van der Waals surface area contributed by atoms with Crippen molar-refractivity contribution in [2.24, 2.45) is 0 Å². The molecule has 0 rings (SSSR count). The molecule has 96 valence electrons. The molecule has 0 aromatic rings. The fourth-order valence-electron chi connectivity index (χ4n) is 0.776. The first-order valence-corrected chi connectivity index (χ1v) is 5.49. The van der Waals surface area contributed by atoms with E-state index in [0.29, 0.717) is 0 Å². The summed E-state index contributed by atoms with van der Waals surface area (Å²) < 4.78 is 13.6. The molecule has 17 heavy (non-hydrogen) atoms. The molecule has 0 aliphatic heterocycles. The van der Waals surface area contributed by atoms with Gasteiger partial charge in [0.1, 0.15) is 24.4 Å². The van der Waals surface area contributed by atoms with Crippen LogP contribution in [-0.2, 0) is 13.9 Å². The van der Waals surface area contributed by atoms with E-state index in [2.05, 4.69) is 4.52 Å². The van der Waals surface area contributed by atoms with Crippen LogP contribution in [0.4, 0.5) is 0 Å². The van der Waals surface area contributed by atoms with Gasteiger partial charge in [0.05, 0.1) is 14.4 Å². The van der Waals surface area contributed by atoms with Crippen LogP contribution in [0.1, 0.15) is 0 Å². The van der Waals surface area contributed by atoms with E-state index in [1.54, 1.807) is 0 Å². The SMILES string of the molecule is O=CC(O)C(O)C(O)C(O)COP(=O)([O-])[O-].[Ca+2]. The number of carbonyl (C=O) groups excluding carboxylic acids is 1. The molecule has 0 bridgehead atoms. The Balaban J connectivity index is 0. The Hall–Kier alpha value is 0.880. The minimum absolute atomic E-state index is 0. The first-order valence-electron chi connectivity index (χ1n) is 4.03. The van der Waals surface area contributed by atoms with Crippen molar-refractivity contribution >= 4 is 51.8 Å². The zero-order chi connectivity index (χ0) is 12.9. The summed E-state index contributed by atoms with van der Waals surface area (Å²) >= 11 is 0. The van der Waals surface area contributed by atoms with Gasteiger partial charge in [-0.05, 0) is 0 Å². The van der Waals surface area contributed by atoms with Gasteiger partial charge in [-0.1, -0.05) is 0 Å². The molecule has 9 nitrogen and oxygen atoms in total. The molecule has 0 radical (unpaired) electrons. The van der Waals surface area contributed by atoms with Crippen LogP contribution in [-0.4, -0.2) is 95.5 Å². The van der Waals surface area contributed by atoms with E-state index in [9.17, 15) is 19.1 Å². The fourth-order valence-corrected chi connectivity index (χ4v) is 1.11. The van der Waals surface area contributed by atoms with E-state index < -0.39 is 38.8 Å². The maximum atomic E-state index is 10.0. The maximum absolute atomic E-state index is 10.0. The van der Waals surface area contributed by atoms with Crippen LogP contribution in [0, 0.1) is 0 Å². The average Bonchev–Trinajstić information content (AvgIpc) is 2.21. The van der Waals surface area contributed by atoms with E-state index in [-0.39, 0.29) is 44.0 Å². The Kier molecular flexibility index (Phi) is 10.6. The smallest absolute Gasteiger partial charge is 0.790 e. The summed E-state index contributed by atoms with van der Waals surface area (Å²) in [6.45, 7) is -1.09. The van der Waals surface area contributed by atoms with Crippen molar-refractivity contribution in [2.45, 2.75) is 24.4 Å². The van der Waals surface area contributed by atoms with Gasteiger partial charge in [-0.2, -0.15) is 0 Å². The number of aliphatic hydroxyl groups excluding tert-OH is 4. The van der Waals surface area contributed by atoms with E-state index in [4.69, 9.17) is 20.4 Å². The topological polar surface area (TPSA) is 170 Å². The van der Waals surface area contributed by atoms with Gasteiger partial charge in [-0.25, -0.2) is 0 Å². The van der Waals surface area contributed by atoms with Crippen LogP contribution in [0.5, 0.6) is 0 Å². The number of rotatable bonds is 7. The zero-order valence-electron chi connectivity index (χ0n) is 8.58. The summed E-state index contributed by atoms with van der Waals surface area (Å²) in [5.41, 5.74) is 0. The summed E-state index contributed by atoms with van der Waals surface area (Å²) in [5, 5.41) is 35.9. The van der Waals surface area contributed by atoms with Crippen LogP contribution >= 0.6 is 7.82 Å². The normalized spacial score (nSPS) is 18.7. The molecular formula is C6H11CaO9P. The van der Waals surface area contributed by atoms with Gasteiger partial charge >= 0.3 is 37.7 Å². The molecule has 0 aromatic carbocycles. The molecule has 0 amide bonds. The Morgan fingerprint density at radius 1 is 1.18 bits per heavy atom. The number of phosphoric acid groups is 1. The zero-order valence-corrected chi connectivity index (χ0v) is 11.7. The Morgan fingerprint density at radius 2 is 1.65 bits per heavy atom. The summed E-state index contributed by atoms with van der Waals surface area (Å²) in [4.78, 5) is 30.0. The Morgan fingerprint density at radius 3 is 2.00 bits per heavy atom. The molecule has 0 aliphatic rings. The molecule has 0 aromatic heterocycles. The van der Waals surface area contributed by atoms with E-state index in [1.165, 1.54) is 0 Å². The van der Waals surface area contributed by atoms with Crippen LogP contribution in [0.2, 0.25) is 0 Å². The van der Waals surface area contributed by atoms with Crippen molar-refractivity contribution in [3.05, 3.63) is 0 Å². The van der Waals surface area contributed by atoms with Crippen molar-refractivity contribution in [1.82, 2.24) is 0 Å². The van der Waals surface area contributed by atoms with Gasteiger partial charge in [0.25, 0.3) is 0 Å². The number of aliphatic hydroxyl groups is 4. The number of hydrogen-bond acceptors (Lipinski definition) is 9. The second-order valence-electron chi connectivity index (χ2n) is 2.92. The molecule has 0 spiro atoms. The van der Waals surface area contributed by atoms with Gasteiger partial charge in [0.2, 0.25) is 0 Å². The molecule has 4 N–H and O–H groups in total. The molecule has 0 saturated carbocycles. The molecule has 11 heteroatoms. The first-order chi connectivity index (χ1) is 7.19. The van der Waals surface area contributed by atoms with Gasteiger partial charge in [0.15, 0.2) is 6.29 Å². The predicted molar refractivity (Wildman–Crippen MR) is 49.4 cm³/mol. The molecule has 0 saturated heterocycles. The Labute approximate surface area is 126 Å². The van der Waals surface area contributed by atoms with Gasteiger partial charge in [-0.15, -0.1) is 0 Å². The van der Waals surface area contributed by atoms with Crippen molar-refractivity contribution in [3.63, 3.8) is 0 Å². The second-order valence-corrected chi connectivity index (χ2v) is 4.07. The third kappa shape index (κ3) is 8.57. The van der Waals surface area contributed by atoms with Crippen molar-refractivity contribution < 1.29 is 44.1 Å². The number of hydrogen-bond donors (Lipinski definition) is 4. The standard InChI is InChI=1S/C6H13O9P.Ca/c7-1-3(8)5(10)6(11)4(9)2-15-16(12,13)14;/h1,3-6,8-11H,2H2,(H2,12,13,14);/q;+2/p-2. The molecule has 0 heterocycles. The molecule has 0 aliphatic carbocycles. The fraction of sp³-hybridized carbons (Fsp3) is 0.833. The van der Waals surface area contributed by atoms with E-state index >= 15 is 0 Å². The van der Waals surface area contributed by atoms with Gasteiger partial charge in [-0.3, -0.25) is 0 Å². The van der Waals surface area contributed by atoms with E-state index in [1.807, 2.05) is 0 Å². The molecule has 0 fully saturated rings. The van der Waals surface area contributed by atoms with Crippen LogP contribution in [0.15, 0.2) is 0 Å². The number of phosphoric ester groups is 1. The predicted octanol–water partition coefficient (Wildman–Crippen LogP) is -4.91. The summed E-state index contributed by atoms with van der Waals surface area (Å²) in [5.74, 6) is 0. The van der Waals surface area contributed by atoms with Crippen molar-refractivity contribution in [3.8, 4) is 0 Å². The van der Waals surface area contributed by atoms with Crippen LogP contribution in [0.25, 0.3) is 0 Å². The monoisotopic (exact) mass is 298 g/mol. The van der Waals surface area contributed by atoms with Gasteiger partial charge in [0, 0.05) is 0 Å². The van der Waals surface area contributed by atoms with Crippen LogP contribution < -0.4 is 9.79 Å².